The van der Waals surface area contributed by atoms with Gasteiger partial charge in [0, 0.05) is 12.3 Å². The van der Waals surface area contributed by atoms with E-state index in [1.807, 2.05) is 6.92 Å². The van der Waals surface area contributed by atoms with Crippen molar-refractivity contribution in [2.24, 2.45) is 0 Å². The summed E-state index contributed by atoms with van der Waals surface area (Å²) in [5, 5.41) is 10.1. The van der Waals surface area contributed by atoms with Crippen molar-refractivity contribution in [3.8, 4) is 0 Å². The number of carbonyl (C=O) groups excluding carboxylic acids is 1. The maximum atomic E-state index is 13.9. The fourth-order valence-electron chi connectivity index (χ4n) is 1.97. The van der Waals surface area contributed by atoms with E-state index in [2.05, 4.69) is 5.32 Å². The maximum absolute atomic E-state index is 13.9. The van der Waals surface area contributed by atoms with E-state index in [9.17, 15) is 9.18 Å². The third-order valence-electron chi connectivity index (χ3n) is 3.25. The van der Waals surface area contributed by atoms with Crippen LogP contribution in [-0.4, -0.2) is 18.2 Å². The fourth-order valence-corrected chi connectivity index (χ4v) is 1.97. The highest BCUT2D eigenvalue weighted by molar-refractivity contribution is 6.09. The molecule has 1 fully saturated rings. The zero-order valence-electron chi connectivity index (χ0n) is 11.1. The molecule has 0 aromatic heterocycles. The van der Waals surface area contributed by atoms with Crippen molar-refractivity contribution in [2.75, 3.05) is 0 Å². The molecule has 1 aromatic rings. The standard InChI is InChI=1S/C15H17FN2O/c1-3-10(8-17)12-7-13(14(16)6-9(12)2)15(19)18-11-4-5-11/h3,6-8,11,17H,4-5H2,1-2H3,(H,18,19)/b10-3+,17-8?. The van der Waals surface area contributed by atoms with E-state index < -0.39 is 5.82 Å². The highest BCUT2D eigenvalue weighted by Gasteiger charge is 2.25. The van der Waals surface area contributed by atoms with Crippen LogP contribution in [0, 0.1) is 18.2 Å². The lowest BCUT2D eigenvalue weighted by molar-refractivity contribution is 0.0947. The quantitative estimate of drug-likeness (QED) is 0.803. The first-order valence-corrected chi connectivity index (χ1v) is 6.35. The molecule has 0 saturated heterocycles. The predicted molar refractivity (Wildman–Crippen MR) is 74.1 cm³/mol. The minimum atomic E-state index is -0.514. The molecule has 0 radical (unpaired) electrons. The van der Waals surface area contributed by atoms with E-state index in [1.54, 1.807) is 13.0 Å². The molecule has 3 nitrogen and oxygen atoms in total. The second-order valence-electron chi connectivity index (χ2n) is 4.78. The number of hydrogen-bond donors (Lipinski definition) is 2. The van der Waals surface area contributed by atoms with Gasteiger partial charge >= 0.3 is 0 Å². The summed E-state index contributed by atoms with van der Waals surface area (Å²) in [6, 6.07) is 3.08. The van der Waals surface area contributed by atoms with Gasteiger partial charge in [-0.2, -0.15) is 0 Å². The normalized spacial score (nSPS) is 15.2. The summed E-state index contributed by atoms with van der Waals surface area (Å²) < 4.78 is 13.9. The molecule has 0 bridgehead atoms. The third kappa shape index (κ3) is 2.89. The van der Waals surface area contributed by atoms with Gasteiger partial charge in [-0.3, -0.25) is 4.79 Å². The van der Waals surface area contributed by atoms with Crippen LogP contribution in [-0.2, 0) is 0 Å². The molecule has 2 N–H and O–H groups in total. The summed E-state index contributed by atoms with van der Waals surface area (Å²) in [6.45, 7) is 3.58. The first kappa shape index (κ1) is 13.5. The van der Waals surface area contributed by atoms with Gasteiger partial charge in [-0.1, -0.05) is 6.08 Å². The van der Waals surface area contributed by atoms with Crippen molar-refractivity contribution in [2.45, 2.75) is 32.7 Å². The van der Waals surface area contributed by atoms with Crippen molar-refractivity contribution >= 4 is 17.7 Å². The molecule has 19 heavy (non-hydrogen) atoms. The molecule has 0 heterocycles. The van der Waals surface area contributed by atoms with Crippen LogP contribution in [0.1, 0.15) is 41.3 Å². The van der Waals surface area contributed by atoms with Crippen LogP contribution in [0.4, 0.5) is 4.39 Å². The Morgan fingerprint density at radius 2 is 2.11 bits per heavy atom. The molecule has 0 unspecified atom stereocenters. The van der Waals surface area contributed by atoms with Crippen molar-refractivity contribution < 1.29 is 9.18 Å². The van der Waals surface area contributed by atoms with Crippen LogP contribution in [0.5, 0.6) is 0 Å². The highest BCUT2D eigenvalue weighted by Crippen LogP contribution is 2.24. The third-order valence-corrected chi connectivity index (χ3v) is 3.25. The molecule has 1 aliphatic rings. The van der Waals surface area contributed by atoms with E-state index in [1.165, 1.54) is 18.3 Å². The van der Waals surface area contributed by atoms with Gasteiger partial charge in [0.25, 0.3) is 5.91 Å². The average molecular weight is 260 g/mol. The van der Waals surface area contributed by atoms with Gasteiger partial charge < -0.3 is 10.7 Å². The van der Waals surface area contributed by atoms with E-state index in [0.717, 1.165) is 24.0 Å². The molecule has 100 valence electrons. The van der Waals surface area contributed by atoms with Gasteiger partial charge in [-0.05, 0) is 55.5 Å². The van der Waals surface area contributed by atoms with Crippen molar-refractivity contribution in [1.29, 1.82) is 5.41 Å². The number of rotatable bonds is 4. The molecule has 0 aliphatic heterocycles. The van der Waals surface area contributed by atoms with E-state index in [4.69, 9.17) is 5.41 Å². The summed E-state index contributed by atoms with van der Waals surface area (Å²) in [4.78, 5) is 12.0. The number of benzene rings is 1. The first-order valence-electron chi connectivity index (χ1n) is 6.35. The van der Waals surface area contributed by atoms with Gasteiger partial charge in [0.2, 0.25) is 0 Å². The Hall–Kier alpha value is -1.97. The summed E-state index contributed by atoms with van der Waals surface area (Å²) in [5.74, 6) is -0.887. The van der Waals surface area contributed by atoms with Crippen LogP contribution in [0.3, 0.4) is 0 Å². The van der Waals surface area contributed by atoms with Gasteiger partial charge in [0.1, 0.15) is 5.82 Å². The highest BCUT2D eigenvalue weighted by atomic mass is 19.1. The predicted octanol–water partition coefficient (Wildman–Crippen LogP) is 3.08. The second-order valence-corrected chi connectivity index (χ2v) is 4.78. The Morgan fingerprint density at radius 3 is 2.63 bits per heavy atom. The summed E-state index contributed by atoms with van der Waals surface area (Å²) in [6.07, 6.45) is 4.91. The number of nitrogens with one attached hydrogen (secondary N) is 2. The molecule has 4 heteroatoms. The minimum Gasteiger partial charge on any atom is -0.349 e. The minimum absolute atomic E-state index is 0.0497. The number of allylic oxidation sites excluding steroid dienone is 2. The van der Waals surface area contributed by atoms with Crippen LogP contribution >= 0.6 is 0 Å². The van der Waals surface area contributed by atoms with Crippen LogP contribution in [0.25, 0.3) is 5.57 Å². The van der Waals surface area contributed by atoms with Crippen LogP contribution < -0.4 is 5.32 Å². The van der Waals surface area contributed by atoms with Gasteiger partial charge in [0.15, 0.2) is 0 Å². The van der Waals surface area contributed by atoms with Gasteiger partial charge in [-0.25, -0.2) is 4.39 Å². The Labute approximate surface area is 112 Å². The van der Waals surface area contributed by atoms with Crippen molar-refractivity contribution in [1.82, 2.24) is 5.32 Å². The first-order chi connectivity index (χ1) is 9.06. The zero-order valence-corrected chi connectivity index (χ0v) is 11.1. The molecule has 1 aromatic carbocycles. The van der Waals surface area contributed by atoms with E-state index in [-0.39, 0.29) is 17.5 Å². The smallest absolute Gasteiger partial charge is 0.254 e. The van der Waals surface area contributed by atoms with Crippen LogP contribution in [0.2, 0.25) is 0 Å². The lowest BCUT2D eigenvalue weighted by Crippen LogP contribution is -2.26. The van der Waals surface area contributed by atoms with Crippen LogP contribution in [0.15, 0.2) is 18.2 Å². The molecular weight excluding hydrogens is 243 g/mol. The molecule has 1 amide bonds. The van der Waals surface area contributed by atoms with Gasteiger partial charge in [-0.15, -0.1) is 0 Å². The monoisotopic (exact) mass is 260 g/mol. The summed E-state index contributed by atoms with van der Waals surface area (Å²) >= 11 is 0. The van der Waals surface area contributed by atoms with Gasteiger partial charge in [0.05, 0.1) is 5.56 Å². The zero-order chi connectivity index (χ0) is 14.0. The fraction of sp³-hybridized carbons (Fsp3) is 0.333. The average Bonchev–Trinajstić information content (AvgIpc) is 3.16. The Bertz CT molecular complexity index is 560. The molecule has 1 aliphatic carbocycles. The number of amides is 1. The summed E-state index contributed by atoms with van der Waals surface area (Å²) in [5.41, 5.74) is 2.17. The summed E-state index contributed by atoms with van der Waals surface area (Å²) in [7, 11) is 0. The molecule has 0 atom stereocenters. The lowest BCUT2D eigenvalue weighted by atomic mass is 9.97. The maximum Gasteiger partial charge on any atom is 0.254 e. The Kier molecular flexibility index (Phi) is 3.79. The second kappa shape index (κ2) is 5.34. The number of hydrogen-bond acceptors (Lipinski definition) is 2. The van der Waals surface area contributed by atoms with Crippen molar-refractivity contribution in [3.05, 3.63) is 40.7 Å². The SMILES string of the molecule is C/C=C(\C=N)c1cc(C(=O)NC2CC2)c(F)cc1C. The number of aryl methyl sites for hydroxylation is 1. The molecule has 1 saturated carbocycles. The number of carbonyl (C=O) groups is 1. The Morgan fingerprint density at radius 1 is 1.42 bits per heavy atom. The topological polar surface area (TPSA) is 53.0 Å². The number of halogens is 1. The van der Waals surface area contributed by atoms with Crippen molar-refractivity contribution in [3.63, 3.8) is 0 Å². The van der Waals surface area contributed by atoms with E-state index >= 15 is 0 Å². The largest absolute Gasteiger partial charge is 0.349 e. The lowest BCUT2D eigenvalue weighted by Gasteiger charge is -2.11. The Balaban J connectivity index is 2.40. The van der Waals surface area contributed by atoms with E-state index in [0.29, 0.717) is 5.57 Å². The molecule has 0 spiro atoms. The molecule has 2 rings (SSSR count). The molecular formula is C15H17FN2O.